The van der Waals surface area contributed by atoms with Crippen molar-refractivity contribution >= 4 is 50.9 Å². The van der Waals surface area contributed by atoms with Crippen LogP contribution in [-0.2, 0) is 26.2 Å². The molecule has 0 saturated carbocycles. The number of carbonyl (C=O) groups is 2. The molecule has 3 aromatic carbocycles. The number of hydrogen-bond acceptors (Lipinski definition) is 5. The van der Waals surface area contributed by atoms with Crippen LogP contribution in [0.5, 0.6) is 0 Å². The predicted molar refractivity (Wildman–Crippen MR) is 159 cm³/mol. The lowest BCUT2D eigenvalue weighted by Gasteiger charge is -2.32. The molecule has 208 valence electrons. The SMILES string of the molecule is CSc1ccc(S(=O)(=O)N(CC(=O)N(Cc2cccc(Cl)c2)[C@H](C)C(=O)NC(C)C)c2ccc(C)cc2)cc1. The maximum atomic E-state index is 13.9. The number of nitrogens with zero attached hydrogens (tertiary/aromatic N) is 2. The van der Waals surface area contributed by atoms with E-state index in [1.54, 1.807) is 67.6 Å². The van der Waals surface area contributed by atoms with E-state index in [2.05, 4.69) is 5.32 Å². The van der Waals surface area contributed by atoms with E-state index < -0.39 is 28.5 Å². The van der Waals surface area contributed by atoms with Crippen LogP contribution in [0.1, 0.15) is 31.9 Å². The lowest BCUT2D eigenvalue weighted by Crippen LogP contribution is -2.52. The number of anilines is 1. The average molecular weight is 588 g/mol. The summed E-state index contributed by atoms with van der Waals surface area (Å²) in [4.78, 5) is 29.2. The Balaban J connectivity index is 2.03. The second kappa shape index (κ2) is 13.4. The van der Waals surface area contributed by atoms with Gasteiger partial charge in [0.05, 0.1) is 10.6 Å². The van der Waals surface area contributed by atoms with Crippen LogP contribution in [0.3, 0.4) is 0 Å². The lowest BCUT2D eigenvalue weighted by atomic mass is 10.1. The molecule has 10 heteroatoms. The predicted octanol–water partition coefficient (Wildman–Crippen LogP) is 5.51. The molecule has 0 unspecified atom stereocenters. The van der Waals surface area contributed by atoms with Gasteiger partial charge in [-0.1, -0.05) is 41.4 Å². The largest absolute Gasteiger partial charge is 0.352 e. The smallest absolute Gasteiger partial charge is 0.264 e. The summed E-state index contributed by atoms with van der Waals surface area (Å²) < 4.78 is 28.9. The third-order valence-electron chi connectivity index (χ3n) is 6.09. The highest BCUT2D eigenvalue weighted by atomic mass is 35.5. The summed E-state index contributed by atoms with van der Waals surface area (Å²) in [6.07, 6.45) is 1.91. The third-order valence-corrected chi connectivity index (χ3v) is 8.86. The summed E-state index contributed by atoms with van der Waals surface area (Å²) in [7, 11) is -4.11. The van der Waals surface area contributed by atoms with Crippen LogP contribution in [0.15, 0.2) is 82.6 Å². The van der Waals surface area contributed by atoms with Crippen molar-refractivity contribution in [2.45, 2.75) is 56.1 Å². The lowest BCUT2D eigenvalue weighted by molar-refractivity contribution is -0.139. The number of amides is 2. The van der Waals surface area contributed by atoms with Gasteiger partial charge in [-0.25, -0.2) is 8.42 Å². The van der Waals surface area contributed by atoms with Crippen LogP contribution in [0.2, 0.25) is 5.02 Å². The number of rotatable bonds is 11. The van der Waals surface area contributed by atoms with Gasteiger partial charge in [0.25, 0.3) is 10.0 Å². The molecule has 1 N–H and O–H groups in total. The molecule has 39 heavy (non-hydrogen) atoms. The van der Waals surface area contributed by atoms with Gasteiger partial charge in [0.15, 0.2) is 0 Å². The minimum absolute atomic E-state index is 0.0701. The quantitative estimate of drug-likeness (QED) is 0.299. The zero-order chi connectivity index (χ0) is 28.7. The second-order valence-corrected chi connectivity index (χ2v) is 12.7. The summed E-state index contributed by atoms with van der Waals surface area (Å²) in [6.45, 7) is 6.79. The van der Waals surface area contributed by atoms with Crippen LogP contribution in [0, 0.1) is 6.92 Å². The van der Waals surface area contributed by atoms with Gasteiger partial charge >= 0.3 is 0 Å². The fourth-order valence-corrected chi connectivity index (χ4v) is 5.97. The highest BCUT2D eigenvalue weighted by Gasteiger charge is 2.32. The van der Waals surface area contributed by atoms with E-state index in [0.29, 0.717) is 10.7 Å². The molecule has 0 saturated heterocycles. The number of sulfonamides is 1. The molecule has 0 aliphatic rings. The van der Waals surface area contributed by atoms with E-state index in [0.717, 1.165) is 20.3 Å². The maximum absolute atomic E-state index is 13.9. The van der Waals surface area contributed by atoms with Crippen LogP contribution in [0.25, 0.3) is 0 Å². The Kier molecular flexibility index (Phi) is 10.5. The summed E-state index contributed by atoms with van der Waals surface area (Å²) in [5.41, 5.74) is 2.02. The van der Waals surface area contributed by atoms with Crippen molar-refractivity contribution < 1.29 is 18.0 Å². The molecule has 3 aromatic rings. The van der Waals surface area contributed by atoms with E-state index in [9.17, 15) is 18.0 Å². The Morgan fingerprint density at radius 3 is 2.18 bits per heavy atom. The molecule has 3 rings (SSSR count). The third kappa shape index (κ3) is 8.00. The molecule has 1 atom stereocenters. The first kappa shape index (κ1) is 30.5. The Hall–Kier alpha value is -3.01. The van der Waals surface area contributed by atoms with Crippen LogP contribution in [-0.4, -0.2) is 50.0 Å². The molecular formula is C29H34ClN3O4S2. The van der Waals surface area contributed by atoms with Crippen molar-refractivity contribution in [2.24, 2.45) is 0 Å². The van der Waals surface area contributed by atoms with Crippen molar-refractivity contribution in [1.29, 1.82) is 0 Å². The zero-order valence-corrected chi connectivity index (χ0v) is 25.1. The topological polar surface area (TPSA) is 86.8 Å². The van der Waals surface area contributed by atoms with Crippen LogP contribution >= 0.6 is 23.4 Å². The van der Waals surface area contributed by atoms with Crippen LogP contribution in [0.4, 0.5) is 5.69 Å². The van der Waals surface area contributed by atoms with Crippen molar-refractivity contribution in [3.63, 3.8) is 0 Å². The Labute approximate surface area is 240 Å². The van der Waals surface area contributed by atoms with Gasteiger partial charge in [-0.2, -0.15) is 0 Å². The summed E-state index contributed by atoms with van der Waals surface area (Å²) in [6, 6.07) is 19.5. The average Bonchev–Trinajstić information content (AvgIpc) is 2.90. The molecule has 0 fully saturated rings. The van der Waals surface area contributed by atoms with E-state index in [1.807, 2.05) is 27.0 Å². The highest BCUT2D eigenvalue weighted by Crippen LogP contribution is 2.26. The van der Waals surface area contributed by atoms with Gasteiger partial charge in [0.2, 0.25) is 11.8 Å². The number of nitrogens with one attached hydrogen (secondary N) is 1. The number of thioether (sulfide) groups is 1. The second-order valence-electron chi connectivity index (χ2n) is 9.51. The Morgan fingerprint density at radius 1 is 0.974 bits per heavy atom. The van der Waals surface area contributed by atoms with Crippen molar-refractivity contribution in [3.05, 3.63) is 88.9 Å². The molecule has 0 radical (unpaired) electrons. The number of halogens is 1. The highest BCUT2D eigenvalue weighted by molar-refractivity contribution is 7.98. The van der Waals surface area contributed by atoms with Gasteiger partial charge in [-0.15, -0.1) is 11.8 Å². The van der Waals surface area contributed by atoms with E-state index in [-0.39, 0.29) is 23.4 Å². The normalized spacial score (nSPS) is 12.2. The molecule has 7 nitrogen and oxygen atoms in total. The molecule has 0 bridgehead atoms. The molecule has 0 aromatic heterocycles. The molecule has 0 heterocycles. The molecule has 0 aliphatic carbocycles. The zero-order valence-electron chi connectivity index (χ0n) is 22.7. The molecular weight excluding hydrogens is 554 g/mol. The first-order chi connectivity index (χ1) is 18.4. The Morgan fingerprint density at radius 2 is 1.62 bits per heavy atom. The van der Waals surface area contributed by atoms with Crippen molar-refractivity contribution in [1.82, 2.24) is 10.2 Å². The van der Waals surface area contributed by atoms with Gasteiger partial charge in [-0.05, 0) is 88.0 Å². The van der Waals surface area contributed by atoms with E-state index in [1.165, 1.54) is 28.8 Å². The number of carbonyl (C=O) groups excluding carboxylic acids is 2. The first-order valence-corrected chi connectivity index (χ1v) is 15.5. The summed E-state index contributed by atoms with van der Waals surface area (Å²) in [5.74, 6) is -0.857. The first-order valence-electron chi connectivity index (χ1n) is 12.5. The van der Waals surface area contributed by atoms with Crippen molar-refractivity contribution in [3.8, 4) is 0 Å². The van der Waals surface area contributed by atoms with Crippen LogP contribution < -0.4 is 9.62 Å². The van der Waals surface area contributed by atoms with Gasteiger partial charge < -0.3 is 10.2 Å². The number of benzene rings is 3. The van der Waals surface area contributed by atoms with E-state index in [4.69, 9.17) is 11.6 Å². The fraction of sp³-hybridized carbons (Fsp3) is 0.310. The van der Waals surface area contributed by atoms with Gasteiger partial charge in [-0.3, -0.25) is 13.9 Å². The van der Waals surface area contributed by atoms with Gasteiger partial charge in [0.1, 0.15) is 12.6 Å². The molecule has 0 spiro atoms. The molecule has 2 amide bonds. The monoisotopic (exact) mass is 587 g/mol. The standard InChI is InChI=1S/C29H34ClN3O4S2/c1-20(2)31-29(35)22(4)32(18-23-7-6-8-24(30)17-23)28(34)19-33(25-11-9-21(3)10-12-25)39(36,37)27-15-13-26(38-5)14-16-27/h6-17,20,22H,18-19H2,1-5H3,(H,31,35)/t22-/m1/s1. The number of aryl methyl sites for hydroxylation is 1. The summed E-state index contributed by atoms with van der Waals surface area (Å²) >= 11 is 7.68. The van der Waals surface area contributed by atoms with Crippen molar-refractivity contribution in [2.75, 3.05) is 17.1 Å². The summed E-state index contributed by atoms with van der Waals surface area (Å²) in [5, 5.41) is 3.34. The Bertz CT molecular complexity index is 1390. The number of hydrogen-bond donors (Lipinski definition) is 1. The van der Waals surface area contributed by atoms with E-state index >= 15 is 0 Å². The minimum Gasteiger partial charge on any atom is -0.352 e. The minimum atomic E-state index is -4.11. The fourth-order valence-electron chi connectivity index (χ4n) is 3.93. The maximum Gasteiger partial charge on any atom is 0.264 e. The molecule has 0 aliphatic heterocycles. The van der Waals surface area contributed by atoms with Gasteiger partial charge in [0, 0.05) is 22.5 Å².